The third-order valence-electron chi connectivity index (χ3n) is 1.72. The molecule has 0 bridgehead atoms. The predicted octanol–water partition coefficient (Wildman–Crippen LogP) is 1.05. The summed E-state index contributed by atoms with van der Waals surface area (Å²) in [7, 11) is 1.64. The second-order valence-corrected chi connectivity index (χ2v) is 3.41. The van der Waals surface area contributed by atoms with Crippen molar-refractivity contribution in [1.82, 2.24) is 0 Å². The molecular formula is C9H20O3. The molecule has 0 saturated heterocycles. The number of ether oxygens (including phenoxy) is 2. The van der Waals surface area contributed by atoms with E-state index >= 15 is 0 Å². The first-order chi connectivity index (χ1) is 5.57. The molecule has 12 heavy (non-hydrogen) atoms. The fourth-order valence-corrected chi connectivity index (χ4v) is 0.738. The van der Waals surface area contributed by atoms with Crippen LogP contribution in [0.15, 0.2) is 0 Å². The van der Waals surface area contributed by atoms with Gasteiger partial charge in [-0.15, -0.1) is 0 Å². The lowest BCUT2D eigenvalue weighted by Crippen LogP contribution is -2.26. The van der Waals surface area contributed by atoms with Crippen molar-refractivity contribution < 1.29 is 14.6 Å². The van der Waals surface area contributed by atoms with E-state index in [4.69, 9.17) is 9.47 Å². The van der Waals surface area contributed by atoms with Gasteiger partial charge in [0.25, 0.3) is 0 Å². The quantitative estimate of drug-likeness (QED) is 0.657. The summed E-state index contributed by atoms with van der Waals surface area (Å²) >= 11 is 0. The van der Waals surface area contributed by atoms with E-state index in [0.717, 1.165) is 0 Å². The zero-order valence-corrected chi connectivity index (χ0v) is 8.41. The molecule has 1 N–H and O–H groups in total. The lowest BCUT2D eigenvalue weighted by Gasteiger charge is -2.17. The Morgan fingerprint density at radius 2 is 1.75 bits per heavy atom. The third kappa shape index (κ3) is 5.52. The maximum Gasteiger partial charge on any atom is 0.0796 e. The van der Waals surface area contributed by atoms with E-state index in [2.05, 4.69) is 0 Å². The number of hydrogen-bond donors (Lipinski definition) is 1. The van der Waals surface area contributed by atoms with Crippen molar-refractivity contribution >= 4 is 0 Å². The van der Waals surface area contributed by atoms with Crippen molar-refractivity contribution in [1.29, 1.82) is 0 Å². The van der Waals surface area contributed by atoms with Crippen LogP contribution in [0.25, 0.3) is 0 Å². The molecule has 0 aromatic heterocycles. The zero-order chi connectivity index (χ0) is 9.56. The van der Waals surface area contributed by atoms with E-state index in [-0.39, 0.29) is 18.1 Å². The maximum absolute atomic E-state index is 9.38. The summed E-state index contributed by atoms with van der Waals surface area (Å²) in [6, 6.07) is 0. The Kier molecular flexibility index (Phi) is 6.34. The summed E-state index contributed by atoms with van der Waals surface area (Å²) in [5, 5.41) is 9.38. The average molecular weight is 176 g/mol. The molecular weight excluding hydrogens is 156 g/mol. The minimum absolute atomic E-state index is 0.0587. The van der Waals surface area contributed by atoms with E-state index in [1.807, 2.05) is 20.8 Å². The molecule has 74 valence electrons. The molecule has 2 atom stereocenters. The van der Waals surface area contributed by atoms with Gasteiger partial charge in [0.05, 0.1) is 25.4 Å². The highest BCUT2D eigenvalue weighted by Gasteiger charge is 2.10. The lowest BCUT2D eigenvalue weighted by molar-refractivity contribution is -0.0435. The molecule has 0 fully saturated rings. The molecule has 0 rings (SSSR count). The monoisotopic (exact) mass is 176 g/mol. The van der Waals surface area contributed by atoms with Crippen molar-refractivity contribution in [3.8, 4) is 0 Å². The van der Waals surface area contributed by atoms with Crippen LogP contribution in [-0.4, -0.2) is 37.6 Å². The first-order valence-corrected chi connectivity index (χ1v) is 4.36. The molecule has 0 aromatic carbocycles. The van der Waals surface area contributed by atoms with Crippen LogP contribution < -0.4 is 0 Å². The Hall–Kier alpha value is -0.120. The van der Waals surface area contributed by atoms with Crippen molar-refractivity contribution in [3.63, 3.8) is 0 Å². The Labute approximate surface area is 74.7 Å². The number of aliphatic hydroxyl groups excluding tert-OH is 1. The highest BCUT2D eigenvalue weighted by Crippen LogP contribution is 2.02. The number of rotatable bonds is 6. The van der Waals surface area contributed by atoms with Crippen molar-refractivity contribution in [3.05, 3.63) is 0 Å². The molecule has 0 aliphatic carbocycles. The van der Waals surface area contributed by atoms with Crippen LogP contribution in [0.4, 0.5) is 0 Å². The lowest BCUT2D eigenvalue weighted by atomic mass is 10.1. The van der Waals surface area contributed by atoms with Crippen LogP contribution in [0.2, 0.25) is 0 Å². The first kappa shape index (κ1) is 11.9. The average Bonchev–Trinajstić information content (AvgIpc) is 2.00. The van der Waals surface area contributed by atoms with E-state index in [9.17, 15) is 5.11 Å². The second kappa shape index (κ2) is 6.40. The van der Waals surface area contributed by atoms with Gasteiger partial charge >= 0.3 is 0 Å². The standard InChI is InChI=1S/C9H20O3/c1-7(2)9(10)6-12-8(3)5-11-4/h7-10H,5-6H2,1-4H3. The molecule has 0 spiro atoms. The van der Waals surface area contributed by atoms with Crippen LogP contribution in [0.1, 0.15) is 20.8 Å². The van der Waals surface area contributed by atoms with E-state index < -0.39 is 0 Å². The van der Waals surface area contributed by atoms with Crippen LogP contribution in [0.3, 0.4) is 0 Å². The topological polar surface area (TPSA) is 38.7 Å². The van der Waals surface area contributed by atoms with E-state index in [1.165, 1.54) is 0 Å². The van der Waals surface area contributed by atoms with Crippen molar-refractivity contribution in [2.24, 2.45) is 5.92 Å². The summed E-state index contributed by atoms with van der Waals surface area (Å²) in [5.41, 5.74) is 0. The first-order valence-electron chi connectivity index (χ1n) is 4.36. The largest absolute Gasteiger partial charge is 0.390 e. The molecule has 0 heterocycles. The second-order valence-electron chi connectivity index (χ2n) is 3.41. The summed E-state index contributed by atoms with van der Waals surface area (Å²) in [5.74, 6) is 0.250. The van der Waals surface area contributed by atoms with Crippen LogP contribution >= 0.6 is 0 Å². The summed E-state index contributed by atoms with van der Waals surface area (Å²) in [4.78, 5) is 0. The minimum Gasteiger partial charge on any atom is -0.390 e. The summed E-state index contributed by atoms with van der Waals surface area (Å²) in [6.45, 7) is 6.83. The molecule has 0 radical (unpaired) electrons. The molecule has 3 heteroatoms. The Morgan fingerprint density at radius 1 is 1.17 bits per heavy atom. The fraction of sp³-hybridized carbons (Fsp3) is 1.00. The van der Waals surface area contributed by atoms with Gasteiger partial charge in [0, 0.05) is 7.11 Å². The number of hydrogen-bond acceptors (Lipinski definition) is 3. The van der Waals surface area contributed by atoms with Gasteiger partial charge in [0.1, 0.15) is 0 Å². The number of methoxy groups -OCH3 is 1. The van der Waals surface area contributed by atoms with Crippen molar-refractivity contribution in [2.45, 2.75) is 33.0 Å². The van der Waals surface area contributed by atoms with Gasteiger partial charge in [-0.1, -0.05) is 13.8 Å². The summed E-state index contributed by atoms with van der Waals surface area (Å²) < 4.78 is 10.2. The van der Waals surface area contributed by atoms with Gasteiger partial charge in [-0.3, -0.25) is 0 Å². The zero-order valence-electron chi connectivity index (χ0n) is 8.41. The van der Waals surface area contributed by atoms with Crippen molar-refractivity contribution in [2.75, 3.05) is 20.3 Å². The van der Waals surface area contributed by atoms with Gasteiger partial charge in [0.2, 0.25) is 0 Å². The molecule has 0 saturated carbocycles. The SMILES string of the molecule is COCC(C)OCC(O)C(C)C. The molecule has 0 amide bonds. The molecule has 3 nitrogen and oxygen atoms in total. The highest BCUT2D eigenvalue weighted by atomic mass is 16.5. The molecule has 0 aliphatic heterocycles. The molecule has 2 unspecified atom stereocenters. The van der Waals surface area contributed by atoms with Crippen LogP contribution in [-0.2, 0) is 9.47 Å². The van der Waals surface area contributed by atoms with Gasteiger partial charge in [0.15, 0.2) is 0 Å². The predicted molar refractivity (Wildman–Crippen MR) is 48.1 cm³/mol. The summed E-state index contributed by atoms with van der Waals surface area (Å²) in [6.07, 6.45) is -0.312. The maximum atomic E-state index is 9.38. The minimum atomic E-state index is -0.371. The fourth-order valence-electron chi connectivity index (χ4n) is 0.738. The highest BCUT2D eigenvalue weighted by molar-refractivity contribution is 4.59. The van der Waals surface area contributed by atoms with Crippen LogP contribution in [0, 0.1) is 5.92 Å². The third-order valence-corrected chi connectivity index (χ3v) is 1.72. The Balaban J connectivity index is 3.40. The molecule has 0 aliphatic rings. The normalized spacial score (nSPS) is 16.5. The Bertz CT molecular complexity index is 104. The van der Waals surface area contributed by atoms with Gasteiger partial charge in [-0.05, 0) is 12.8 Å². The van der Waals surface area contributed by atoms with E-state index in [1.54, 1.807) is 7.11 Å². The Morgan fingerprint density at radius 3 is 2.17 bits per heavy atom. The number of aliphatic hydroxyl groups is 1. The van der Waals surface area contributed by atoms with Gasteiger partial charge in [-0.25, -0.2) is 0 Å². The molecule has 0 aromatic rings. The smallest absolute Gasteiger partial charge is 0.0796 e. The van der Waals surface area contributed by atoms with Gasteiger partial charge < -0.3 is 14.6 Å². The van der Waals surface area contributed by atoms with E-state index in [0.29, 0.717) is 13.2 Å². The van der Waals surface area contributed by atoms with Crippen LogP contribution in [0.5, 0.6) is 0 Å². The van der Waals surface area contributed by atoms with Gasteiger partial charge in [-0.2, -0.15) is 0 Å².